The average molecular weight is 325 g/mol. The minimum absolute atomic E-state index is 0.132. The molecule has 21 heavy (non-hydrogen) atoms. The summed E-state index contributed by atoms with van der Waals surface area (Å²) in [5.41, 5.74) is 0.469. The van der Waals surface area contributed by atoms with Crippen molar-refractivity contribution < 1.29 is 9.59 Å². The standard InChI is InChI=1S/C15H14Cl2N2O2/c16-9-5-10(17)7-12(6-9)19-14(20)13-8-1-3-11(4-2-8)18(13)15(19)21/h5-8,11,13H,1-4H2/t8?,11?,13-/m1/s1. The highest BCUT2D eigenvalue weighted by Gasteiger charge is 2.56. The van der Waals surface area contributed by atoms with Crippen LogP contribution in [0.1, 0.15) is 25.7 Å². The van der Waals surface area contributed by atoms with Gasteiger partial charge in [-0.2, -0.15) is 0 Å². The topological polar surface area (TPSA) is 40.6 Å². The Bertz CT molecular complexity index is 590. The van der Waals surface area contributed by atoms with Crippen molar-refractivity contribution >= 4 is 40.8 Å². The monoisotopic (exact) mass is 324 g/mol. The molecule has 4 aliphatic rings. The number of rotatable bonds is 1. The third-order valence-electron chi connectivity index (χ3n) is 4.87. The van der Waals surface area contributed by atoms with Crippen LogP contribution in [0.2, 0.25) is 10.0 Å². The van der Waals surface area contributed by atoms with Gasteiger partial charge in [0.2, 0.25) is 0 Å². The van der Waals surface area contributed by atoms with Crippen LogP contribution in [0.25, 0.3) is 0 Å². The van der Waals surface area contributed by atoms with Gasteiger partial charge in [-0.25, -0.2) is 9.69 Å². The van der Waals surface area contributed by atoms with Crippen molar-refractivity contribution in [1.29, 1.82) is 0 Å². The number of nitrogens with zero attached hydrogens (tertiary/aromatic N) is 2. The molecule has 1 atom stereocenters. The van der Waals surface area contributed by atoms with Gasteiger partial charge in [0.15, 0.2) is 0 Å². The Kier molecular flexibility index (Phi) is 2.95. The van der Waals surface area contributed by atoms with Gasteiger partial charge < -0.3 is 4.90 Å². The molecular formula is C15H14Cl2N2O2. The van der Waals surface area contributed by atoms with Crippen molar-refractivity contribution in [2.24, 2.45) is 5.92 Å². The lowest BCUT2D eigenvalue weighted by atomic mass is 9.75. The first-order valence-electron chi connectivity index (χ1n) is 7.18. The van der Waals surface area contributed by atoms with Crippen LogP contribution in [-0.2, 0) is 4.79 Å². The Morgan fingerprint density at radius 1 is 0.952 bits per heavy atom. The molecule has 3 saturated heterocycles. The van der Waals surface area contributed by atoms with Gasteiger partial charge in [-0.05, 0) is 49.8 Å². The maximum atomic E-state index is 12.7. The second-order valence-corrected chi connectivity index (χ2v) is 6.88. The lowest BCUT2D eigenvalue weighted by Gasteiger charge is -2.45. The summed E-state index contributed by atoms with van der Waals surface area (Å²) in [6.07, 6.45) is 4.08. The molecule has 6 heteroatoms. The van der Waals surface area contributed by atoms with Crippen molar-refractivity contribution in [2.45, 2.75) is 37.8 Å². The van der Waals surface area contributed by atoms with Crippen LogP contribution < -0.4 is 4.90 Å². The number of benzene rings is 1. The number of piperidine rings is 2. The summed E-state index contributed by atoms with van der Waals surface area (Å²) in [6.45, 7) is 0. The Balaban J connectivity index is 1.77. The molecule has 4 fully saturated rings. The van der Waals surface area contributed by atoms with Crippen LogP contribution >= 0.6 is 23.2 Å². The fourth-order valence-electron chi connectivity index (χ4n) is 3.99. The van der Waals surface area contributed by atoms with Crippen molar-refractivity contribution in [1.82, 2.24) is 4.90 Å². The quantitative estimate of drug-likeness (QED) is 0.739. The van der Waals surface area contributed by atoms with E-state index in [0.717, 1.165) is 25.7 Å². The van der Waals surface area contributed by atoms with Crippen LogP contribution in [0, 0.1) is 5.92 Å². The smallest absolute Gasteiger partial charge is 0.309 e. The lowest BCUT2D eigenvalue weighted by Crippen LogP contribution is -2.54. The number of amides is 3. The highest BCUT2D eigenvalue weighted by Crippen LogP contribution is 2.45. The van der Waals surface area contributed by atoms with E-state index < -0.39 is 0 Å². The molecule has 2 bridgehead atoms. The van der Waals surface area contributed by atoms with E-state index in [1.807, 2.05) is 0 Å². The number of hydrogen-bond donors (Lipinski definition) is 0. The maximum absolute atomic E-state index is 12.7. The van der Waals surface area contributed by atoms with Crippen molar-refractivity contribution in [3.05, 3.63) is 28.2 Å². The molecule has 0 N–H and O–H groups in total. The minimum Gasteiger partial charge on any atom is -0.309 e. The molecule has 0 radical (unpaired) electrons. The van der Waals surface area contributed by atoms with Crippen LogP contribution in [0.3, 0.4) is 0 Å². The first-order chi connectivity index (χ1) is 10.1. The van der Waals surface area contributed by atoms with E-state index in [-0.39, 0.29) is 24.0 Å². The Labute approximate surface area is 132 Å². The summed E-state index contributed by atoms with van der Waals surface area (Å²) >= 11 is 12.0. The number of carbonyl (C=O) groups is 2. The van der Waals surface area contributed by atoms with E-state index in [0.29, 0.717) is 21.7 Å². The highest BCUT2D eigenvalue weighted by molar-refractivity contribution is 6.35. The first kappa shape index (κ1) is 13.4. The van der Waals surface area contributed by atoms with Crippen LogP contribution in [0.15, 0.2) is 18.2 Å². The normalized spacial score (nSPS) is 31.0. The molecular weight excluding hydrogens is 311 g/mol. The summed E-state index contributed by atoms with van der Waals surface area (Å²) < 4.78 is 0. The number of hydrogen-bond acceptors (Lipinski definition) is 2. The fourth-order valence-corrected chi connectivity index (χ4v) is 4.51. The predicted octanol–water partition coefficient (Wildman–Crippen LogP) is 3.70. The van der Waals surface area contributed by atoms with Gasteiger partial charge >= 0.3 is 6.03 Å². The van der Waals surface area contributed by atoms with Crippen molar-refractivity contribution in [2.75, 3.05) is 4.90 Å². The maximum Gasteiger partial charge on any atom is 0.332 e. The zero-order chi connectivity index (χ0) is 14.7. The molecule has 0 unspecified atom stereocenters. The van der Waals surface area contributed by atoms with E-state index in [1.54, 1.807) is 23.1 Å². The van der Waals surface area contributed by atoms with Crippen LogP contribution in [0.4, 0.5) is 10.5 Å². The molecule has 1 saturated carbocycles. The fraction of sp³-hybridized carbons (Fsp3) is 0.467. The molecule has 3 aliphatic heterocycles. The first-order valence-corrected chi connectivity index (χ1v) is 7.94. The third-order valence-corrected chi connectivity index (χ3v) is 5.31. The lowest BCUT2D eigenvalue weighted by molar-refractivity contribution is -0.124. The molecule has 0 spiro atoms. The van der Waals surface area contributed by atoms with Gasteiger partial charge in [0.25, 0.3) is 5.91 Å². The highest BCUT2D eigenvalue weighted by atomic mass is 35.5. The minimum atomic E-state index is -0.289. The number of imide groups is 1. The molecule has 0 aromatic heterocycles. The van der Waals surface area contributed by atoms with E-state index in [4.69, 9.17) is 23.2 Å². The summed E-state index contributed by atoms with van der Waals surface area (Å²) in [5.74, 6) is 0.166. The number of halogens is 2. The Morgan fingerprint density at radius 3 is 2.14 bits per heavy atom. The molecule has 4 nitrogen and oxygen atoms in total. The summed E-state index contributed by atoms with van der Waals surface area (Å²) in [5, 5.41) is 0.844. The van der Waals surface area contributed by atoms with Crippen molar-refractivity contribution in [3.8, 4) is 0 Å². The number of carbonyl (C=O) groups excluding carboxylic acids is 2. The van der Waals surface area contributed by atoms with Gasteiger partial charge in [-0.1, -0.05) is 23.2 Å². The summed E-state index contributed by atoms with van der Waals surface area (Å²) in [4.78, 5) is 28.5. The Hall–Kier alpha value is -1.26. The largest absolute Gasteiger partial charge is 0.332 e. The van der Waals surface area contributed by atoms with Crippen molar-refractivity contribution in [3.63, 3.8) is 0 Å². The van der Waals surface area contributed by atoms with Crippen LogP contribution in [0.5, 0.6) is 0 Å². The summed E-state index contributed by atoms with van der Waals surface area (Å²) in [6, 6.07) is 4.51. The molecule has 3 heterocycles. The SMILES string of the molecule is O=C1[C@H]2C3CCC(CC3)N2C(=O)N1c1cc(Cl)cc(Cl)c1. The van der Waals surface area contributed by atoms with Gasteiger partial charge in [-0.3, -0.25) is 4.79 Å². The molecule has 3 amide bonds. The van der Waals surface area contributed by atoms with Crippen LogP contribution in [-0.4, -0.2) is 28.9 Å². The summed E-state index contributed by atoms with van der Waals surface area (Å²) in [7, 11) is 0. The average Bonchev–Trinajstić information content (AvgIpc) is 2.73. The van der Waals surface area contributed by atoms with E-state index >= 15 is 0 Å². The second kappa shape index (κ2) is 4.62. The number of anilines is 1. The van der Waals surface area contributed by atoms with E-state index in [9.17, 15) is 9.59 Å². The van der Waals surface area contributed by atoms with E-state index in [2.05, 4.69) is 0 Å². The molecule has 1 aromatic carbocycles. The molecule has 1 aromatic rings. The van der Waals surface area contributed by atoms with Gasteiger partial charge in [0.1, 0.15) is 6.04 Å². The Morgan fingerprint density at radius 2 is 1.57 bits per heavy atom. The van der Waals surface area contributed by atoms with Gasteiger partial charge in [0, 0.05) is 16.1 Å². The van der Waals surface area contributed by atoms with Gasteiger partial charge in [-0.15, -0.1) is 0 Å². The second-order valence-electron chi connectivity index (χ2n) is 6.00. The van der Waals surface area contributed by atoms with Gasteiger partial charge in [0.05, 0.1) is 5.69 Å². The number of urea groups is 1. The number of fused-ring (bicyclic) bond motifs is 2. The third kappa shape index (κ3) is 1.89. The zero-order valence-electron chi connectivity index (χ0n) is 11.3. The molecule has 5 rings (SSSR count). The predicted molar refractivity (Wildman–Crippen MR) is 80.7 cm³/mol. The molecule has 1 aliphatic carbocycles. The zero-order valence-corrected chi connectivity index (χ0v) is 12.8. The molecule has 110 valence electrons. The van der Waals surface area contributed by atoms with E-state index in [1.165, 1.54) is 4.90 Å².